The summed E-state index contributed by atoms with van der Waals surface area (Å²) in [4.78, 5) is 9.18. The number of anilines is 2. The summed E-state index contributed by atoms with van der Waals surface area (Å²) in [7, 11) is 0. The van der Waals surface area contributed by atoms with Crippen molar-refractivity contribution in [3.63, 3.8) is 0 Å². The van der Waals surface area contributed by atoms with Crippen LogP contribution in [0.1, 0.15) is 37.3 Å². The number of aliphatic hydroxyl groups excluding tert-OH is 1. The number of hydrogen-bond acceptors (Lipinski definition) is 6. The van der Waals surface area contributed by atoms with Crippen LogP contribution >= 0.6 is 11.6 Å². The standard InChI is InChI=1S/C30H37ClN4O2/c1-20-7-8-24-26(15-20)33-19-30(24)11-14-34(17-21(30)2)18-27(36)22-9-12-35(13-10-22)29-32-16-28(37-29)23-5-3-4-6-25(23)31/h3-8,15-16,21-22,27,33,36H,9-14,17-19H2,1-2H3. The van der Waals surface area contributed by atoms with Gasteiger partial charge in [0.15, 0.2) is 5.76 Å². The van der Waals surface area contributed by atoms with Gasteiger partial charge in [-0.25, -0.2) is 4.98 Å². The van der Waals surface area contributed by atoms with Crippen molar-refractivity contribution in [2.24, 2.45) is 11.8 Å². The first-order valence-electron chi connectivity index (χ1n) is 13.6. The van der Waals surface area contributed by atoms with Gasteiger partial charge in [0, 0.05) is 49.4 Å². The van der Waals surface area contributed by atoms with Crippen molar-refractivity contribution < 1.29 is 9.52 Å². The second-order valence-electron chi connectivity index (χ2n) is 11.3. The van der Waals surface area contributed by atoms with Gasteiger partial charge in [0.1, 0.15) is 0 Å². The number of oxazole rings is 1. The van der Waals surface area contributed by atoms with Crippen LogP contribution in [0.25, 0.3) is 11.3 Å². The first-order chi connectivity index (χ1) is 17.9. The summed E-state index contributed by atoms with van der Waals surface area (Å²) in [6.07, 6.45) is 4.47. The van der Waals surface area contributed by atoms with E-state index in [-0.39, 0.29) is 11.5 Å². The minimum absolute atomic E-state index is 0.217. The summed E-state index contributed by atoms with van der Waals surface area (Å²) in [6, 6.07) is 15.2. The average molecular weight is 521 g/mol. The van der Waals surface area contributed by atoms with E-state index in [4.69, 9.17) is 16.0 Å². The van der Waals surface area contributed by atoms with Gasteiger partial charge in [-0.3, -0.25) is 0 Å². The summed E-state index contributed by atoms with van der Waals surface area (Å²) >= 11 is 6.32. The highest BCUT2D eigenvalue weighted by Crippen LogP contribution is 2.47. The maximum Gasteiger partial charge on any atom is 0.297 e. The molecule has 0 saturated carbocycles. The number of fused-ring (bicyclic) bond motifs is 2. The highest BCUT2D eigenvalue weighted by Gasteiger charge is 2.46. The van der Waals surface area contributed by atoms with Crippen molar-refractivity contribution in [3.05, 3.63) is 64.8 Å². The molecule has 37 heavy (non-hydrogen) atoms. The Morgan fingerprint density at radius 3 is 2.78 bits per heavy atom. The number of likely N-dealkylation sites (tertiary alicyclic amines) is 1. The molecular formula is C30H37ClN4O2. The van der Waals surface area contributed by atoms with Crippen molar-refractivity contribution >= 4 is 23.3 Å². The Bertz CT molecular complexity index is 1250. The third-order valence-corrected chi connectivity index (χ3v) is 9.42. The first-order valence-corrected chi connectivity index (χ1v) is 14.0. The van der Waals surface area contributed by atoms with Crippen LogP contribution in [-0.2, 0) is 5.41 Å². The average Bonchev–Trinajstić information content (AvgIpc) is 3.53. The predicted octanol–water partition coefficient (Wildman–Crippen LogP) is 5.59. The smallest absolute Gasteiger partial charge is 0.297 e. The Labute approximate surface area is 224 Å². The molecule has 2 saturated heterocycles. The van der Waals surface area contributed by atoms with Gasteiger partial charge in [-0.05, 0) is 73.9 Å². The third kappa shape index (κ3) is 4.64. The second kappa shape index (κ2) is 9.97. The summed E-state index contributed by atoms with van der Waals surface area (Å²) in [5, 5.41) is 15.5. The van der Waals surface area contributed by atoms with E-state index in [0.29, 0.717) is 28.6 Å². The molecule has 0 amide bonds. The number of β-amino-alcohol motifs (C(OH)–C–C–N with tert-alkyl or cyclic N) is 1. The molecule has 6 rings (SSSR count). The zero-order chi connectivity index (χ0) is 25.6. The van der Waals surface area contributed by atoms with Gasteiger partial charge < -0.3 is 24.6 Å². The van der Waals surface area contributed by atoms with Crippen molar-refractivity contribution in [1.29, 1.82) is 0 Å². The highest BCUT2D eigenvalue weighted by molar-refractivity contribution is 6.33. The Kier molecular flexibility index (Phi) is 6.68. The molecule has 4 heterocycles. The molecule has 0 bridgehead atoms. The SMILES string of the molecule is Cc1ccc2c(c1)NCC21CCN(CC(O)C2CCN(c3ncc(-c4ccccc4Cl)o3)CC2)CC1C. The maximum absolute atomic E-state index is 11.2. The highest BCUT2D eigenvalue weighted by atomic mass is 35.5. The molecule has 3 unspecified atom stereocenters. The molecule has 1 aromatic heterocycles. The molecule has 2 fully saturated rings. The normalized spacial score (nSPS) is 25.3. The summed E-state index contributed by atoms with van der Waals surface area (Å²) in [5.41, 5.74) is 5.19. The van der Waals surface area contributed by atoms with Crippen LogP contribution in [0.4, 0.5) is 11.7 Å². The number of hydrogen-bond donors (Lipinski definition) is 2. The zero-order valence-electron chi connectivity index (χ0n) is 21.8. The number of nitrogens with zero attached hydrogens (tertiary/aromatic N) is 3. The Hall–Kier alpha value is -2.54. The Balaban J connectivity index is 1.02. The fourth-order valence-corrected chi connectivity index (χ4v) is 6.99. The van der Waals surface area contributed by atoms with Crippen LogP contribution in [0.3, 0.4) is 0 Å². The number of rotatable bonds is 5. The van der Waals surface area contributed by atoms with Gasteiger partial charge in [-0.1, -0.05) is 42.8 Å². The lowest BCUT2D eigenvalue weighted by molar-refractivity contribution is 0.0242. The van der Waals surface area contributed by atoms with E-state index in [1.165, 1.54) is 16.8 Å². The topological polar surface area (TPSA) is 64.8 Å². The molecule has 196 valence electrons. The molecule has 2 N–H and O–H groups in total. The number of halogens is 1. The lowest BCUT2D eigenvalue weighted by Gasteiger charge is -2.46. The molecule has 3 aromatic rings. The molecule has 6 nitrogen and oxygen atoms in total. The molecule has 3 atom stereocenters. The zero-order valence-corrected chi connectivity index (χ0v) is 22.5. The first kappa shape index (κ1) is 24.8. The van der Waals surface area contributed by atoms with Crippen molar-refractivity contribution in [2.45, 2.75) is 44.6 Å². The van der Waals surface area contributed by atoms with Crippen molar-refractivity contribution in [3.8, 4) is 11.3 Å². The molecule has 0 aliphatic carbocycles. The van der Waals surface area contributed by atoms with Gasteiger partial charge in [0.2, 0.25) is 0 Å². The molecule has 2 aromatic carbocycles. The summed E-state index contributed by atoms with van der Waals surface area (Å²) < 4.78 is 6.05. The lowest BCUT2D eigenvalue weighted by atomic mass is 9.67. The van der Waals surface area contributed by atoms with Crippen LogP contribution < -0.4 is 10.2 Å². The van der Waals surface area contributed by atoms with Crippen LogP contribution in [0.5, 0.6) is 0 Å². The van der Waals surface area contributed by atoms with E-state index in [0.717, 1.165) is 64.1 Å². The number of aromatic nitrogens is 1. The summed E-state index contributed by atoms with van der Waals surface area (Å²) in [6.45, 7) is 10.1. The van der Waals surface area contributed by atoms with Crippen molar-refractivity contribution in [2.75, 3.05) is 49.5 Å². The predicted molar refractivity (Wildman–Crippen MR) is 149 cm³/mol. The van der Waals surface area contributed by atoms with E-state index in [9.17, 15) is 5.11 Å². The monoisotopic (exact) mass is 520 g/mol. The molecule has 3 aliphatic heterocycles. The molecule has 1 spiro atoms. The van der Waals surface area contributed by atoms with E-state index < -0.39 is 0 Å². The quantitative estimate of drug-likeness (QED) is 0.457. The maximum atomic E-state index is 11.2. The summed E-state index contributed by atoms with van der Waals surface area (Å²) in [5.74, 6) is 1.54. The van der Waals surface area contributed by atoms with Gasteiger partial charge >= 0.3 is 0 Å². The lowest BCUT2D eigenvalue weighted by Crippen LogP contribution is -2.52. The van der Waals surface area contributed by atoms with E-state index in [2.05, 4.69) is 52.1 Å². The van der Waals surface area contributed by atoms with Gasteiger partial charge in [0.25, 0.3) is 6.01 Å². The van der Waals surface area contributed by atoms with E-state index in [1.54, 1.807) is 6.20 Å². The Morgan fingerprint density at radius 1 is 1.19 bits per heavy atom. The van der Waals surface area contributed by atoms with Gasteiger partial charge in [-0.15, -0.1) is 0 Å². The van der Waals surface area contributed by atoms with E-state index >= 15 is 0 Å². The largest absolute Gasteiger partial charge is 0.423 e. The second-order valence-corrected chi connectivity index (χ2v) is 11.8. The Morgan fingerprint density at radius 2 is 2.00 bits per heavy atom. The molecule has 3 aliphatic rings. The van der Waals surface area contributed by atoms with Gasteiger partial charge in [-0.2, -0.15) is 0 Å². The van der Waals surface area contributed by atoms with E-state index in [1.807, 2.05) is 24.3 Å². The number of nitrogens with one attached hydrogen (secondary N) is 1. The van der Waals surface area contributed by atoms with Crippen LogP contribution in [0.15, 0.2) is 53.1 Å². The molecule has 7 heteroatoms. The number of piperidine rings is 2. The van der Waals surface area contributed by atoms with Crippen LogP contribution in [-0.4, -0.2) is 60.4 Å². The van der Waals surface area contributed by atoms with Gasteiger partial charge in [0.05, 0.1) is 17.3 Å². The fourth-order valence-electron chi connectivity index (χ4n) is 6.76. The van der Waals surface area contributed by atoms with Crippen LogP contribution in [0, 0.1) is 18.8 Å². The minimum atomic E-state index is -0.303. The van der Waals surface area contributed by atoms with Crippen molar-refractivity contribution in [1.82, 2.24) is 9.88 Å². The number of benzene rings is 2. The van der Waals surface area contributed by atoms with Crippen LogP contribution in [0.2, 0.25) is 5.02 Å². The third-order valence-electron chi connectivity index (χ3n) is 9.09. The molecule has 0 radical (unpaired) electrons. The minimum Gasteiger partial charge on any atom is -0.423 e. The number of aliphatic hydroxyl groups is 1. The number of aryl methyl sites for hydroxylation is 1. The molecular weight excluding hydrogens is 484 g/mol. The fraction of sp³-hybridized carbons (Fsp3) is 0.500.